The number of nitrogens with one attached hydrogen (secondary N) is 1. The van der Waals surface area contributed by atoms with E-state index >= 15 is 0 Å². The highest BCUT2D eigenvalue weighted by Gasteiger charge is 2.24. The number of nitrogens with zero attached hydrogens (tertiary/aromatic N) is 1. The topological polar surface area (TPSA) is 75.4 Å². The van der Waals surface area contributed by atoms with Gasteiger partial charge in [-0.3, -0.25) is 4.79 Å². The first-order chi connectivity index (χ1) is 8.15. The molecule has 1 aliphatic heterocycles. The Morgan fingerprint density at radius 3 is 1.82 bits per heavy atom. The minimum Gasteiger partial charge on any atom is -0.369 e. The molecule has 0 spiro atoms. The van der Waals surface area contributed by atoms with Crippen LogP contribution in [0.2, 0.25) is 0 Å². The number of primary amides is 1. The van der Waals surface area contributed by atoms with E-state index in [2.05, 4.69) is 5.32 Å². The third-order valence-corrected chi connectivity index (χ3v) is 2.40. The molecule has 0 aromatic carbocycles. The molecule has 0 aromatic rings. The number of urea groups is 1. The van der Waals surface area contributed by atoms with Crippen molar-refractivity contribution in [2.45, 2.75) is 40.5 Å². The molecule has 0 aromatic heterocycles. The lowest BCUT2D eigenvalue weighted by molar-refractivity contribution is -0.122. The maximum absolute atomic E-state index is 11.1. The first kappa shape index (κ1) is 18.1. The van der Waals surface area contributed by atoms with Gasteiger partial charge in [-0.05, 0) is 12.8 Å². The molecule has 0 atom stereocenters. The summed E-state index contributed by atoms with van der Waals surface area (Å²) in [6.45, 7) is 9.24. The smallest absolute Gasteiger partial charge is 0.317 e. The second-order valence-electron chi connectivity index (χ2n) is 3.22. The molecule has 5 heteroatoms. The van der Waals surface area contributed by atoms with Gasteiger partial charge in [0.25, 0.3) is 0 Å². The molecule has 17 heavy (non-hydrogen) atoms. The predicted octanol–water partition coefficient (Wildman–Crippen LogP) is 1.58. The van der Waals surface area contributed by atoms with Gasteiger partial charge in [0.15, 0.2) is 0 Å². The zero-order valence-electron chi connectivity index (χ0n) is 11.7. The van der Waals surface area contributed by atoms with Crippen LogP contribution in [0, 0.1) is 5.92 Å². The SMILES string of the molecule is CC.CC.CNC(=O)N1CCC(C(N)=O)CC1. The average molecular weight is 245 g/mol. The molecule has 1 heterocycles. The van der Waals surface area contributed by atoms with Crippen LogP contribution < -0.4 is 11.1 Å². The van der Waals surface area contributed by atoms with Gasteiger partial charge in [-0.15, -0.1) is 0 Å². The summed E-state index contributed by atoms with van der Waals surface area (Å²) in [5.74, 6) is -0.308. The van der Waals surface area contributed by atoms with Crippen molar-refractivity contribution in [2.24, 2.45) is 11.7 Å². The summed E-state index contributed by atoms with van der Waals surface area (Å²) in [5.41, 5.74) is 5.16. The van der Waals surface area contributed by atoms with Crippen molar-refractivity contribution in [1.82, 2.24) is 10.2 Å². The van der Waals surface area contributed by atoms with Crippen LogP contribution in [0.4, 0.5) is 4.79 Å². The molecule has 1 fully saturated rings. The Kier molecular flexibility index (Phi) is 12.0. The van der Waals surface area contributed by atoms with E-state index in [1.54, 1.807) is 11.9 Å². The first-order valence-corrected chi connectivity index (χ1v) is 6.41. The van der Waals surface area contributed by atoms with Crippen LogP contribution in [-0.2, 0) is 4.79 Å². The lowest BCUT2D eigenvalue weighted by Crippen LogP contribution is -2.45. The summed E-state index contributed by atoms with van der Waals surface area (Å²) in [6, 6.07) is -0.0806. The van der Waals surface area contributed by atoms with E-state index in [0.717, 1.165) is 0 Å². The molecule has 0 aliphatic carbocycles. The van der Waals surface area contributed by atoms with Crippen LogP contribution in [0.15, 0.2) is 0 Å². The second kappa shape index (κ2) is 11.2. The normalized spacial score (nSPS) is 14.8. The lowest BCUT2D eigenvalue weighted by atomic mass is 9.97. The predicted molar refractivity (Wildman–Crippen MR) is 70.6 cm³/mol. The molecular weight excluding hydrogens is 218 g/mol. The molecule has 0 saturated carbocycles. The number of hydrogen-bond donors (Lipinski definition) is 2. The van der Waals surface area contributed by atoms with Crippen molar-refractivity contribution in [2.75, 3.05) is 20.1 Å². The quantitative estimate of drug-likeness (QED) is 0.736. The molecular formula is C12H27N3O2. The lowest BCUT2D eigenvalue weighted by Gasteiger charge is -2.29. The highest BCUT2D eigenvalue weighted by atomic mass is 16.2. The fraction of sp³-hybridized carbons (Fsp3) is 0.833. The second-order valence-corrected chi connectivity index (χ2v) is 3.22. The molecule has 3 N–H and O–H groups in total. The average Bonchev–Trinajstić information content (AvgIpc) is 2.42. The maximum Gasteiger partial charge on any atom is 0.317 e. The molecule has 0 radical (unpaired) electrons. The summed E-state index contributed by atoms with van der Waals surface area (Å²) in [5, 5.41) is 2.55. The monoisotopic (exact) mass is 245 g/mol. The van der Waals surface area contributed by atoms with E-state index in [9.17, 15) is 9.59 Å². The van der Waals surface area contributed by atoms with Gasteiger partial charge in [0, 0.05) is 26.1 Å². The van der Waals surface area contributed by atoms with Gasteiger partial charge < -0.3 is 16.0 Å². The van der Waals surface area contributed by atoms with Gasteiger partial charge >= 0.3 is 6.03 Å². The van der Waals surface area contributed by atoms with Crippen molar-refractivity contribution >= 4 is 11.9 Å². The summed E-state index contributed by atoms with van der Waals surface area (Å²) in [4.78, 5) is 23.6. The van der Waals surface area contributed by atoms with Gasteiger partial charge in [0.1, 0.15) is 0 Å². The van der Waals surface area contributed by atoms with Gasteiger partial charge in [-0.2, -0.15) is 0 Å². The summed E-state index contributed by atoms with van der Waals surface area (Å²) in [6.07, 6.45) is 1.37. The van der Waals surface area contributed by atoms with Crippen LogP contribution in [0.25, 0.3) is 0 Å². The number of rotatable bonds is 1. The van der Waals surface area contributed by atoms with Gasteiger partial charge in [-0.1, -0.05) is 27.7 Å². The molecule has 1 saturated heterocycles. The van der Waals surface area contributed by atoms with Crippen LogP contribution in [-0.4, -0.2) is 37.0 Å². The first-order valence-electron chi connectivity index (χ1n) is 6.41. The molecule has 0 bridgehead atoms. The Labute approximate surface area is 105 Å². The van der Waals surface area contributed by atoms with E-state index in [1.807, 2.05) is 27.7 Å². The Bertz CT molecular complexity index is 212. The standard InChI is InChI=1S/C8H15N3O2.2C2H6/c1-10-8(13)11-4-2-6(3-5-11)7(9)12;2*1-2/h6H,2-5H2,1H3,(H2,9,12)(H,10,13);2*1-2H3. The van der Waals surface area contributed by atoms with Gasteiger partial charge in [0.05, 0.1) is 0 Å². The number of nitrogens with two attached hydrogens (primary N) is 1. The third kappa shape index (κ3) is 6.81. The van der Waals surface area contributed by atoms with Crippen LogP contribution in [0.1, 0.15) is 40.5 Å². The van der Waals surface area contributed by atoms with E-state index < -0.39 is 0 Å². The van der Waals surface area contributed by atoms with Crippen molar-refractivity contribution in [3.8, 4) is 0 Å². The molecule has 3 amide bonds. The largest absolute Gasteiger partial charge is 0.369 e. The number of amides is 3. The van der Waals surface area contributed by atoms with E-state index in [1.165, 1.54) is 0 Å². The number of likely N-dealkylation sites (tertiary alicyclic amines) is 1. The van der Waals surface area contributed by atoms with E-state index in [4.69, 9.17) is 5.73 Å². The fourth-order valence-electron chi connectivity index (χ4n) is 1.53. The Morgan fingerprint density at radius 2 is 1.53 bits per heavy atom. The summed E-state index contributed by atoms with van der Waals surface area (Å²) >= 11 is 0. The highest BCUT2D eigenvalue weighted by Crippen LogP contribution is 2.16. The molecule has 0 unspecified atom stereocenters. The minimum absolute atomic E-state index is 0.0547. The number of hydrogen-bond acceptors (Lipinski definition) is 2. The Morgan fingerprint density at radius 1 is 1.12 bits per heavy atom. The summed E-state index contributed by atoms with van der Waals surface area (Å²) in [7, 11) is 1.60. The van der Waals surface area contributed by atoms with Crippen LogP contribution in [0.3, 0.4) is 0 Å². The zero-order valence-corrected chi connectivity index (χ0v) is 11.7. The highest BCUT2D eigenvalue weighted by molar-refractivity contribution is 5.78. The van der Waals surface area contributed by atoms with E-state index in [0.29, 0.717) is 25.9 Å². The molecule has 102 valence electrons. The van der Waals surface area contributed by atoms with Crippen molar-refractivity contribution in [3.05, 3.63) is 0 Å². The third-order valence-electron chi connectivity index (χ3n) is 2.40. The Hall–Kier alpha value is -1.26. The molecule has 5 nitrogen and oxygen atoms in total. The van der Waals surface area contributed by atoms with Crippen molar-refractivity contribution < 1.29 is 9.59 Å². The zero-order chi connectivity index (χ0) is 13.8. The summed E-state index contributed by atoms with van der Waals surface area (Å²) < 4.78 is 0. The van der Waals surface area contributed by atoms with Crippen molar-refractivity contribution in [1.29, 1.82) is 0 Å². The van der Waals surface area contributed by atoms with Crippen LogP contribution >= 0.6 is 0 Å². The van der Waals surface area contributed by atoms with Gasteiger partial charge in [0.2, 0.25) is 5.91 Å². The minimum atomic E-state index is -0.253. The Balaban J connectivity index is 0. The fourth-order valence-corrected chi connectivity index (χ4v) is 1.53. The van der Waals surface area contributed by atoms with Gasteiger partial charge in [-0.25, -0.2) is 4.79 Å². The maximum atomic E-state index is 11.1. The number of piperidine rings is 1. The van der Waals surface area contributed by atoms with Crippen LogP contribution in [0.5, 0.6) is 0 Å². The molecule has 1 aliphatic rings. The van der Waals surface area contributed by atoms with Crippen molar-refractivity contribution in [3.63, 3.8) is 0 Å². The van der Waals surface area contributed by atoms with E-state index in [-0.39, 0.29) is 17.9 Å². The number of carbonyl (C=O) groups is 2. The number of carbonyl (C=O) groups excluding carboxylic acids is 2. The molecule has 1 rings (SSSR count).